The maximum atomic E-state index is 9.24. The number of hydrogen-bond donors (Lipinski definition) is 2. The van der Waals surface area contributed by atoms with Crippen LogP contribution in [0.2, 0.25) is 0 Å². The Morgan fingerprint density at radius 3 is 2.36 bits per heavy atom. The lowest BCUT2D eigenvalue weighted by molar-refractivity contribution is 0.402. The first-order chi connectivity index (χ1) is 6.57. The Bertz CT molecular complexity index is 310. The number of hydrogen-bond acceptors (Lipinski definition) is 3. The lowest BCUT2D eigenvalue weighted by atomic mass is 9.74. The standard InChI is InChI=1S/C10H15BO3/c1-7(2)8-5-4-6-9(14-3)10(8)11(12)13/h4-7,12-13H,1-3H3. The van der Waals surface area contributed by atoms with Crippen molar-refractivity contribution in [3.05, 3.63) is 23.8 Å². The molecule has 0 fully saturated rings. The molecular formula is C10H15BO3. The van der Waals surface area contributed by atoms with Gasteiger partial charge in [0.05, 0.1) is 7.11 Å². The van der Waals surface area contributed by atoms with Gasteiger partial charge in [0.1, 0.15) is 5.75 Å². The zero-order chi connectivity index (χ0) is 10.7. The van der Waals surface area contributed by atoms with Gasteiger partial charge in [0.25, 0.3) is 0 Å². The van der Waals surface area contributed by atoms with E-state index in [2.05, 4.69) is 0 Å². The summed E-state index contributed by atoms with van der Waals surface area (Å²) in [6.07, 6.45) is 0. The highest BCUT2D eigenvalue weighted by Crippen LogP contribution is 2.17. The van der Waals surface area contributed by atoms with Gasteiger partial charge >= 0.3 is 7.12 Å². The molecule has 0 saturated heterocycles. The Morgan fingerprint density at radius 1 is 1.29 bits per heavy atom. The molecule has 0 aromatic heterocycles. The molecule has 2 N–H and O–H groups in total. The monoisotopic (exact) mass is 194 g/mol. The number of ether oxygens (including phenoxy) is 1. The van der Waals surface area contributed by atoms with Crippen molar-refractivity contribution in [3.63, 3.8) is 0 Å². The van der Waals surface area contributed by atoms with Crippen molar-refractivity contribution in [2.45, 2.75) is 19.8 Å². The van der Waals surface area contributed by atoms with E-state index in [4.69, 9.17) is 4.74 Å². The zero-order valence-electron chi connectivity index (χ0n) is 8.69. The summed E-state index contributed by atoms with van der Waals surface area (Å²) in [4.78, 5) is 0. The van der Waals surface area contributed by atoms with Crippen LogP contribution in [0.25, 0.3) is 0 Å². The summed E-state index contributed by atoms with van der Waals surface area (Å²) >= 11 is 0. The molecule has 0 bridgehead atoms. The first kappa shape index (κ1) is 11.1. The smallest absolute Gasteiger partial charge is 0.492 e. The maximum absolute atomic E-state index is 9.24. The van der Waals surface area contributed by atoms with Crippen LogP contribution < -0.4 is 10.2 Å². The van der Waals surface area contributed by atoms with Gasteiger partial charge in [-0.15, -0.1) is 0 Å². The summed E-state index contributed by atoms with van der Waals surface area (Å²) in [7, 11) is 0.0363. The third-order valence-corrected chi connectivity index (χ3v) is 2.20. The quantitative estimate of drug-likeness (QED) is 0.688. The normalized spacial score (nSPS) is 10.4. The Balaban J connectivity index is 3.28. The van der Waals surface area contributed by atoms with Crippen molar-refractivity contribution in [2.24, 2.45) is 0 Å². The largest absolute Gasteiger partial charge is 0.497 e. The predicted octanol–water partition coefficient (Wildman–Crippen LogP) is 0.498. The highest BCUT2D eigenvalue weighted by atomic mass is 16.5. The molecule has 0 unspecified atom stereocenters. The van der Waals surface area contributed by atoms with Gasteiger partial charge in [0.2, 0.25) is 0 Å². The van der Waals surface area contributed by atoms with Crippen molar-refractivity contribution < 1.29 is 14.8 Å². The molecule has 0 amide bonds. The van der Waals surface area contributed by atoms with Gasteiger partial charge in [0, 0.05) is 5.46 Å². The van der Waals surface area contributed by atoms with E-state index in [1.165, 1.54) is 7.11 Å². The van der Waals surface area contributed by atoms with Crippen LogP contribution in [0.4, 0.5) is 0 Å². The second-order valence-corrected chi connectivity index (χ2v) is 3.49. The summed E-state index contributed by atoms with van der Waals surface area (Å²) in [6, 6.07) is 5.45. The molecule has 0 atom stereocenters. The fourth-order valence-electron chi connectivity index (χ4n) is 1.52. The van der Waals surface area contributed by atoms with E-state index in [1.54, 1.807) is 6.07 Å². The Kier molecular flexibility index (Phi) is 3.55. The van der Waals surface area contributed by atoms with Crippen LogP contribution >= 0.6 is 0 Å². The predicted molar refractivity (Wildman–Crippen MR) is 56.9 cm³/mol. The molecule has 0 spiro atoms. The van der Waals surface area contributed by atoms with Gasteiger partial charge in [-0.2, -0.15) is 0 Å². The average molecular weight is 194 g/mol. The second-order valence-electron chi connectivity index (χ2n) is 3.49. The van der Waals surface area contributed by atoms with E-state index in [9.17, 15) is 10.0 Å². The molecule has 0 saturated carbocycles. The lowest BCUT2D eigenvalue weighted by Gasteiger charge is -2.15. The van der Waals surface area contributed by atoms with E-state index >= 15 is 0 Å². The fourth-order valence-corrected chi connectivity index (χ4v) is 1.52. The minimum Gasteiger partial charge on any atom is -0.497 e. The molecule has 1 rings (SSSR count). The lowest BCUT2D eigenvalue weighted by Crippen LogP contribution is -2.34. The number of benzene rings is 1. The van der Waals surface area contributed by atoms with Crippen LogP contribution in [0.5, 0.6) is 5.75 Å². The molecule has 0 radical (unpaired) electrons. The fraction of sp³-hybridized carbons (Fsp3) is 0.400. The molecule has 0 aliphatic carbocycles. The highest BCUT2D eigenvalue weighted by Gasteiger charge is 2.22. The Labute approximate surface area is 84.5 Å². The minimum absolute atomic E-state index is 0.238. The van der Waals surface area contributed by atoms with Crippen LogP contribution in [0.1, 0.15) is 25.3 Å². The van der Waals surface area contributed by atoms with E-state index < -0.39 is 7.12 Å². The van der Waals surface area contributed by atoms with Crippen molar-refractivity contribution >= 4 is 12.6 Å². The summed E-state index contributed by atoms with van der Waals surface area (Å²) in [6.45, 7) is 4.00. The molecule has 4 heteroatoms. The summed E-state index contributed by atoms with van der Waals surface area (Å²) in [5, 5.41) is 18.5. The molecule has 1 aromatic rings. The van der Waals surface area contributed by atoms with Crippen LogP contribution in [-0.4, -0.2) is 24.3 Å². The molecule has 76 valence electrons. The van der Waals surface area contributed by atoms with Crippen LogP contribution in [0.15, 0.2) is 18.2 Å². The molecule has 14 heavy (non-hydrogen) atoms. The second kappa shape index (κ2) is 4.48. The Morgan fingerprint density at radius 2 is 1.93 bits per heavy atom. The SMILES string of the molecule is COc1cccc(C(C)C)c1B(O)O. The molecular weight excluding hydrogens is 179 g/mol. The molecule has 0 aliphatic rings. The first-order valence-electron chi connectivity index (χ1n) is 4.60. The van der Waals surface area contributed by atoms with E-state index in [-0.39, 0.29) is 5.92 Å². The molecule has 3 nitrogen and oxygen atoms in total. The summed E-state index contributed by atoms with van der Waals surface area (Å²) in [5.41, 5.74) is 1.37. The van der Waals surface area contributed by atoms with Crippen LogP contribution in [0.3, 0.4) is 0 Å². The Hall–Kier alpha value is -0.995. The molecule has 0 aliphatic heterocycles. The zero-order valence-corrected chi connectivity index (χ0v) is 8.69. The number of rotatable bonds is 3. The third-order valence-electron chi connectivity index (χ3n) is 2.20. The highest BCUT2D eigenvalue weighted by molar-refractivity contribution is 6.60. The van der Waals surface area contributed by atoms with Gasteiger partial charge in [0.15, 0.2) is 0 Å². The van der Waals surface area contributed by atoms with E-state index in [1.807, 2.05) is 26.0 Å². The first-order valence-corrected chi connectivity index (χ1v) is 4.60. The van der Waals surface area contributed by atoms with Crippen LogP contribution in [0, 0.1) is 0 Å². The third kappa shape index (κ3) is 2.08. The van der Waals surface area contributed by atoms with Gasteiger partial charge in [-0.25, -0.2) is 0 Å². The minimum atomic E-state index is -1.48. The van der Waals surface area contributed by atoms with Gasteiger partial charge in [-0.1, -0.05) is 26.0 Å². The van der Waals surface area contributed by atoms with Gasteiger partial charge in [-0.3, -0.25) is 0 Å². The summed E-state index contributed by atoms with van der Waals surface area (Å²) < 4.78 is 5.08. The van der Waals surface area contributed by atoms with Crippen molar-refractivity contribution in [3.8, 4) is 5.75 Å². The van der Waals surface area contributed by atoms with Crippen LogP contribution in [-0.2, 0) is 0 Å². The number of methoxy groups -OCH3 is 1. The van der Waals surface area contributed by atoms with Crippen molar-refractivity contribution in [1.29, 1.82) is 0 Å². The summed E-state index contributed by atoms with van der Waals surface area (Å²) in [5.74, 6) is 0.757. The van der Waals surface area contributed by atoms with Gasteiger partial charge in [-0.05, 0) is 17.5 Å². The van der Waals surface area contributed by atoms with E-state index in [0.29, 0.717) is 11.2 Å². The average Bonchev–Trinajstić information content (AvgIpc) is 2.16. The topological polar surface area (TPSA) is 49.7 Å². The van der Waals surface area contributed by atoms with E-state index in [0.717, 1.165) is 5.56 Å². The van der Waals surface area contributed by atoms with Crippen molar-refractivity contribution in [2.75, 3.05) is 7.11 Å². The van der Waals surface area contributed by atoms with Crippen molar-refractivity contribution in [1.82, 2.24) is 0 Å². The maximum Gasteiger partial charge on any atom is 0.492 e. The van der Waals surface area contributed by atoms with Gasteiger partial charge < -0.3 is 14.8 Å². The molecule has 1 aromatic carbocycles. The molecule has 0 heterocycles.